The summed E-state index contributed by atoms with van der Waals surface area (Å²) in [5.41, 5.74) is 1.25. The number of benzene rings is 1. The van der Waals surface area contributed by atoms with Crippen LogP contribution in [0, 0.1) is 11.8 Å². The van der Waals surface area contributed by atoms with Crippen LogP contribution in [0.2, 0.25) is 0 Å². The highest BCUT2D eigenvalue weighted by Crippen LogP contribution is 2.41. The van der Waals surface area contributed by atoms with Gasteiger partial charge in [0.15, 0.2) is 0 Å². The molecule has 1 saturated carbocycles. The van der Waals surface area contributed by atoms with Gasteiger partial charge < -0.3 is 10.6 Å². The van der Waals surface area contributed by atoms with Crippen LogP contribution in [-0.4, -0.2) is 19.0 Å². The molecule has 1 amide bonds. The zero-order chi connectivity index (χ0) is 11.7. The summed E-state index contributed by atoms with van der Waals surface area (Å²) in [4.78, 5) is 12.0. The smallest absolute Gasteiger partial charge is 0.226 e. The van der Waals surface area contributed by atoms with E-state index >= 15 is 0 Å². The summed E-state index contributed by atoms with van der Waals surface area (Å²) in [5, 5.41) is 6.36. The summed E-state index contributed by atoms with van der Waals surface area (Å²) >= 11 is 0. The van der Waals surface area contributed by atoms with Crippen molar-refractivity contribution in [3.05, 3.63) is 35.9 Å². The van der Waals surface area contributed by atoms with Gasteiger partial charge in [-0.05, 0) is 24.3 Å². The summed E-state index contributed by atoms with van der Waals surface area (Å²) in [6.45, 7) is 1.66. The second-order valence-electron chi connectivity index (χ2n) is 5.09. The van der Waals surface area contributed by atoms with Crippen LogP contribution in [0.1, 0.15) is 24.4 Å². The second-order valence-corrected chi connectivity index (χ2v) is 5.09. The molecule has 2 fully saturated rings. The highest BCUT2D eigenvalue weighted by Gasteiger charge is 2.35. The minimum atomic E-state index is 0. The lowest BCUT2D eigenvalue weighted by molar-refractivity contribution is -0.127. The Hall–Kier alpha value is -1.06. The third-order valence-corrected chi connectivity index (χ3v) is 3.70. The van der Waals surface area contributed by atoms with Gasteiger partial charge in [-0.2, -0.15) is 0 Å². The van der Waals surface area contributed by atoms with Crippen molar-refractivity contribution in [3.8, 4) is 0 Å². The molecule has 1 saturated heterocycles. The number of carbonyl (C=O) groups excluding carboxylic acids is 1. The first-order valence-electron chi connectivity index (χ1n) is 6.40. The number of nitrogens with one attached hydrogen (secondary N) is 2. The average Bonchev–Trinajstić information content (AvgIpc) is 3.08. The molecule has 1 aromatic carbocycles. The summed E-state index contributed by atoms with van der Waals surface area (Å²) in [5.74, 6) is 1.04. The van der Waals surface area contributed by atoms with Gasteiger partial charge in [-0.1, -0.05) is 30.3 Å². The molecule has 3 nitrogen and oxygen atoms in total. The fourth-order valence-electron chi connectivity index (χ4n) is 2.31. The van der Waals surface area contributed by atoms with Crippen molar-refractivity contribution in [2.45, 2.75) is 18.9 Å². The number of amides is 1. The third kappa shape index (κ3) is 2.85. The lowest BCUT2D eigenvalue weighted by Crippen LogP contribution is -2.51. The van der Waals surface area contributed by atoms with Crippen molar-refractivity contribution < 1.29 is 4.79 Å². The molecule has 2 N–H and O–H groups in total. The van der Waals surface area contributed by atoms with Crippen LogP contribution in [0.3, 0.4) is 0 Å². The molecule has 1 heterocycles. The van der Waals surface area contributed by atoms with Gasteiger partial charge >= 0.3 is 0 Å². The fraction of sp³-hybridized carbons (Fsp3) is 0.500. The number of hydrogen-bond acceptors (Lipinski definition) is 2. The van der Waals surface area contributed by atoms with Crippen LogP contribution in [0.4, 0.5) is 0 Å². The molecule has 0 aromatic heterocycles. The van der Waals surface area contributed by atoms with Crippen LogP contribution in [0.15, 0.2) is 30.3 Å². The quantitative estimate of drug-likeness (QED) is 0.874. The Bertz CT molecular complexity index is 402. The summed E-state index contributed by atoms with van der Waals surface area (Å²) < 4.78 is 0. The van der Waals surface area contributed by atoms with Crippen LogP contribution < -0.4 is 10.6 Å². The molecule has 1 aliphatic carbocycles. The number of rotatable bonds is 4. The largest absolute Gasteiger partial charge is 0.349 e. The summed E-state index contributed by atoms with van der Waals surface area (Å²) in [6.07, 6.45) is 2.48. The van der Waals surface area contributed by atoms with Gasteiger partial charge in [0.1, 0.15) is 0 Å². The van der Waals surface area contributed by atoms with E-state index in [9.17, 15) is 4.79 Å². The third-order valence-electron chi connectivity index (χ3n) is 3.70. The molecular weight excluding hydrogens is 248 g/mol. The van der Waals surface area contributed by atoms with Gasteiger partial charge in [-0.3, -0.25) is 4.79 Å². The van der Waals surface area contributed by atoms with Gasteiger partial charge in [0.2, 0.25) is 5.91 Å². The predicted octanol–water partition coefficient (Wildman–Crippen LogP) is 1.90. The first-order valence-corrected chi connectivity index (χ1v) is 6.40. The molecule has 0 bridgehead atoms. The Balaban J connectivity index is 0.00000120. The minimum absolute atomic E-state index is 0. The van der Waals surface area contributed by atoms with Crippen molar-refractivity contribution in [2.75, 3.05) is 13.1 Å². The van der Waals surface area contributed by atoms with E-state index in [1.54, 1.807) is 0 Å². The molecule has 0 radical (unpaired) electrons. The normalized spacial score (nSPS) is 20.4. The molecule has 1 aromatic rings. The first-order chi connectivity index (χ1) is 8.34. The monoisotopic (exact) mass is 266 g/mol. The molecule has 18 heavy (non-hydrogen) atoms. The Kier molecular flexibility index (Phi) is 4.25. The molecule has 0 spiro atoms. The van der Waals surface area contributed by atoms with E-state index < -0.39 is 0 Å². The van der Waals surface area contributed by atoms with Crippen molar-refractivity contribution in [1.82, 2.24) is 10.6 Å². The fourth-order valence-corrected chi connectivity index (χ4v) is 2.31. The van der Waals surface area contributed by atoms with Crippen molar-refractivity contribution in [1.29, 1.82) is 0 Å². The Morgan fingerprint density at radius 2 is 1.89 bits per heavy atom. The van der Waals surface area contributed by atoms with E-state index in [-0.39, 0.29) is 30.3 Å². The van der Waals surface area contributed by atoms with E-state index in [4.69, 9.17) is 0 Å². The van der Waals surface area contributed by atoms with Crippen molar-refractivity contribution >= 4 is 18.3 Å². The van der Waals surface area contributed by atoms with Crippen LogP contribution in [0.25, 0.3) is 0 Å². The Labute approximate surface area is 114 Å². The molecule has 1 atom stereocenters. The zero-order valence-electron chi connectivity index (χ0n) is 10.3. The van der Waals surface area contributed by atoms with Crippen LogP contribution >= 0.6 is 12.4 Å². The molecule has 4 heteroatoms. The first kappa shape index (κ1) is 13.4. The number of hydrogen-bond donors (Lipinski definition) is 2. The highest BCUT2D eigenvalue weighted by molar-refractivity contribution is 5.85. The predicted molar refractivity (Wildman–Crippen MR) is 73.7 cm³/mol. The van der Waals surface area contributed by atoms with Crippen molar-refractivity contribution in [3.63, 3.8) is 0 Å². The zero-order valence-corrected chi connectivity index (χ0v) is 11.1. The average molecular weight is 267 g/mol. The topological polar surface area (TPSA) is 41.1 Å². The van der Waals surface area contributed by atoms with E-state index in [0.717, 1.165) is 13.1 Å². The van der Waals surface area contributed by atoms with Gasteiger partial charge in [0, 0.05) is 13.1 Å². The Morgan fingerprint density at radius 1 is 1.22 bits per heavy atom. The lowest BCUT2D eigenvalue weighted by atomic mass is 9.98. The summed E-state index contributed by atoms with van der Waals surface area (Å²) in [7, 11) is 0. The molecule has 98 valence electrons. The van der Waals surface area contributed by atoms with E-state index in [0.29, 0.717) is 5.92 Å². The van der Waals surface area contributed by atoms with Gasteiger partial charge in [0.05, 0.1) is 12.0 Å². The van der Waals surface area contributed by atoms with Gasteiger partial charge in [-0.15, -0.1) is 12.4 Å². The SMILES string of the molecule is Cl.O=C(NC(c1ccccc1)C1CC1)C1CNC1. The van der Waals surface area contributed by atoms with Gasteiger partial charge in [0.25, 0.3) is 0 Å². The van der Waals surface area contributed by atoms with E-state index in [1.165, 1.54) is 18.4 Å². The lowest BCUT2D eigenvalue weighted by Gasteiger charge is -2.28. The second kappa shape index (κ2) is 5.72. The standard InChI is InChI=1S/C14H18N2O.ClH/c17-14(12-8-15-9-12)16-13(11-6-7-11)10-4-2-1-3-5-10;/h1-5,11-13,15H,6-9H2,(H,16,17);1H. The maximum Gasteiger partial charge on any atom is 0.226 e. The molecule has 1 aliphatic heterocycles. The minimum Gasteiger partial charge on any atom is -0.349 e. The Morgan fingerprint density at radius 3 is 2.39 bits per heavy atom. The molecule has 1 unspecified atom stereocenters. The summed E-state index contributed by atoms with van der Waals surface area (Å²) in [6, 6.07) is 10.6. The maximum absolute atomic E-state index is 12.0. The van der Waals surface area contributed by atoms with Crippen LogP contribution in [0.5, 0.6) is 0 Å². The highest BCUT2D eigenvalue weighted by atomic mass is 35.5. The molecular formula is C14H19ClN2O. The van der Waals surface area contributed by atoms with E-state index in [2.05, 4.69) is 22.8 Å². The maximum atomic E-state index is 12.0. The van der Waals surface area contributed by atoms with Gasteiger partial charge in [-0.25, -0.2) is 0 Å². The van der Waals surface area contributed by atoms with Crippen LogP contribution in [-0.2, 0) is 4.79 Å². The molecule has 3 rings (SSSR count). The number of halogens is 1. The number of carbonyl (C=O) groups is 1. The van der Waals surface area contributed by atoms with Crippen molar-refractivity contribution in [2.24, 2.45) is 11.8 Å². The van der Waals surface area contributed by atoms with E-state index in [1.807, 2.05) is 18.2 Å². The molecule has 2 aliphatic rings.